The molecule has 0 radical (unpaired) electrons. The standard InChI is InChI=1S/C36H44N8O3/c1-24(2)43-19-17-42(18-20-43)16-15-32(45)38-27-10-8-9-25(21-27)33-40-30-12-7-6-11-29(30)34(41-33)39-28-13-14-31-26(22-28)23-37-44(31)35(46)47-36(3,4)5/h6-11,13-14,21-24,30H,12,15-20H2,1-5H3,(H,38,45)(H,39,40,41). The lowest BCUT2D eigenvalue weighted by Gasteiger charge is -2.36. The Morgan fingerprint density at radius 2 is 1.85 bits per heavy atom. The first kappa shape index (κ1) is 32.3. The van der Waals surface area contributed by atoms with Crippen molar-refractivity contribution in [2.45, 2.75) is 65.1 Å². The fraction of sp³-hybridized carbons (Fsp3) is 0.417. The molecule has 0 saturated carbocycles. The largest absolute Gasteiger partial charge is 0.442 e. The Morgan fingerprint density at radius 3 is 2.62 bits per heavy atom. The summed E-state index contributed by atoms with van der Waals surface area (Å²) in [5, 5.41) is 11.6. The Hall–Kier alpha value is -4.61. The van der Waals surface area contributed by atoms with Crippen LogP contribution in [-0.4, -0.2) is 93.7 Å². The van der Waals surface area contributed by atoms with E-state index in [0.717, 1.165) is 67.0 Å². The second-order valence-corrected chi connectivity index (χ2v) is 13.5. The molecule has 1 saturated heterocycles. The van der Waals surface area contributed by atoms with E-state index in [1.807, 2.05) is 75.4 Å². The molecule has 0 spiro atoms. The van der Waals surface area contributed by atoms with Gasteiger partial charge in [0.15, 0.2) is 5.84 Å². The van der Waals surface area contributed by atoms with Crippen molar-refractivity contribution in [3.63, 3.8) is 0 Å². The van der Waals surface area contributed by atoms with Crippen LogP contribution in [0.1, 0.15) is 53.0 Å². The number of amides is 1. The van der Waals surface area contributed by atoms with E-state index in [1.165, 1.54) is 4.68 Å². The van der Waals surface area contributed by atoms with E-state index in [-0.39, 0.29) is 11.9 Å². The highest BCUT2D eigenvalue weighted by Gasteiger charge is 2.26. The molecule has 1 unspecified atom stereocenters. The van der Waals surface area contributed by atoms with Gasteiger partial charge in [-0.25, -0.2) is 9.79 Å². The van der Waals surface area contributed by atoms with Gasteiger partial charge in [0.1, 0.15) is 11.4 Å². The number of nitrogens with zero attached hydrogens (tertiary/aromatic N) is 6. The number of nitrogens with one attached hydrogen (secondary N) is 2. The number of aliphatic imine (C=N–C) groups is 2. The number of amidine groups is 2. The minimum atomic E-state index is -0.623. The molecule has 2 aromatic carbocycles. The fourth-order valence-corrected chi connectivity index (χ4v) is 5.98. The van der Waals surface area contributed by atoms with E-state index in [9.17, 15) is 9.59 Å². The quantitative estimate of drug-likeness (QED) is 0.342. The van der Waals surface area contributed by atoms with Gasteiger partial charge >= 0.3 is 6.09 Å². The van der Waals surface area contributed by atoms with E-state index in [0.29, 0.717) is 29.7 Å². The van der Waals surface area contributed by atoms with Crippen molar-refractivity contribution in [3.8, 4) is 0 Å². The van der Waals surface area contributed by atoms with Crippen molar-refractivity contribution < 1.29 is 14.3 Å². The van der Waals surface area contributed by atoms with E-state index < -0.39 is 11.7 Å². The van der Waals surface area contributed by atoms with Gasteiger partial charge in [0, 0.05) is 73.1 Å². The van der Waals surface area contributed by atoms with E-state index in [4.69, 9.17) is 14.7 Å². The Balaban J connectivity index is 1.15. The molecule has 246 valence electrons. The van der Waals surface area contributed by atoms with Crippen LogP contribution in [0.15, 0.2) is 82.4 Å². The molecule has 3 aromatic rings. The van der Waals surface area contributed by atoms with Gasteiger partial charge in [0.2, 0.25) is 5.91 Å². The van der Waals surface area contributed by atoms with Crippen molar-refractivity contribution >= 4 is 45.9 Å². The van der Waals surface area contributed by atoms with Crippen molar-refractivity contribution in [3.05, 3.63) is 78.0 Å². The van der Waals surface area contributed by atoms with Gasteiger partial charge in [0.05, 0.1) is 17.8 Å². The highest BCUT2D eigenvalue weighted by atomic mass is 16.6. The molecule has 47 heavy (non-hydrogen) atoms. The van der Waals surface area contributed by atoms with Gasteiger partial charge in [-0.2, -0.15) is 9.78 Å². The summed E-state index contributed by atoms with van der Waals surface area (Å²) < 4.78 is 6.78. The molecule has 1 fully saturated rings. The highest BCUT2D eigenvalue weighted by molar-refractivity contribution is 6.19. The number of carbonyl (C=O) groups is 2. The van der Waals surface area contributed by atoms with Crippen LogP contribution >= 0.6 is 0 Å². The summed E-state index contributed by atoms with van der Waals surface area (Å²) in [7, 11) is 0. The number of rotatable bonds is 7. The summed E-state index contributed by atoms with van der Waals surface area (Å²) in [5.74, 6) is 1.30. The number of aromatic nitrogens is 2. The average Bonchev–Trinajstić information content (AvgIpc) is 3.47. The average molecular weight is 637 g/mol. The van der Waals surface area contributed by atoms with Crippen LogP contribution in [0.25, 0.3) is 10.9 Å². The Morgan fingerprint density at radius 1 is 1.04 bits per heavy atom. The number of piperazine rings is 1. The summed E-state index contributed by atoms with van der Waals surface area (Å²) in [5.41, 5.74) is 3.39. The van der Waals surface area contributed by atoms with Crippen LogP contribution in [0.4, 0.5) is 16.2 Å². The molecule has 1 amide bonds. The lowest BCUT2D eigenvalue weighted by atomic mass is 9.96. The van der Waals surface area contributed by atoms with Gasteiger partial charge in [-0.1, -0.05) is 30.4 Å². The monoisotopic (exact) mass is 636 g/mol. The van der Waals surface area contributed by atoms with Crippen molar-refractivity contribution in [1.29, 1.82) is 0 Å². The first-order chi connectivity index (χ1) is 22.5. The fourth-order valence-electron chi connectivity index (χ4n) is 5.98. The molecule has 1 aliphatic carbocycles. The minimum absolute atomic E-state index is 0.00194. The molecular weight excluding hydrogens is 592 g/mol. The normalized spacial score (nSPS) is 18.8. The van der Waals surface area contributed by atoms with Gasteiger partial charge in [-0.3, -0.25) is 14.7 Å². The second kappa shape index (κ2) is 13.6. The predicted molar refractivity (Wildman–Crippen MR) is 187 cm³/mol. The first-order valence-corrected chi connectivity index (χ1v) is 16.4. The number of carbonyl (C=O) groups excluding carboxylic acids is 2. The number of allylic oxidation sites excluding steroid dienone is 2. The zero-order valence-electron chi connectivity index (χ0n) is 27.9. The summed E-state index contributed by atoms with van der Waals surface area (Å²) in [6.07, 6.45) is 8.51. The van der Waals surface area contributed by atoms with Crippen LogP contribution in [-0.2, 0) is 9.53 Å². The third kappa shape index (κ3) is 7.86. The number of hydrogen-bond acceptors (Lipinski definition) is 9. The molecule has 3 heterocycles. The molecule has 2 N–H and O–H groups in total. The summed E-state index contributed by atoms with van der Waals surface area (Å²) in [6.45, 7) is 14.8. The van der Waals surface area contributed by atoms with Crippen molar-refractivity contribution in [2.75, 3.05) is 43.4 Å². The van der Waals surface area contributed by atoms with E-state index in [2.05, 4.69) is 45.5 Å². The van der Waals surface area contributed by atoms with Gasteiger partial charge in [0.25, 0.3) is 0 Å². The maximum Gasteiger partial charge on any atom is 0.435 e. The van der Waals surface area contributed by atoms with Crippen LogP contribution in [0.3, 0.4) is 0 Å². The molecule has 11 nitrogen and oxygen atoms in total. The second-order valence-electron chi connectivity index (χ2n) is 13.5. The van der Waals surface area contributed by atoms with E-state index >= 15 is 0 Å². The van der Waals surface area contributed by atoms with Crippen LogP contribution in [0, 0.1) is 0 Å². The van der Waals surface area contributed by atoms with Crippen LogP contribution < -0.4 is 10.6 Å². The number of ether oxygens (including phenoxy) is 1. The third-order valence-corrected chi connectivity index (χ3v) is 8.49. The SMILES string of the molecule is CC(C)N1CCN(CCC(=O)Nc2cccc(C3=NC4CC=CC=C4C(Nc4ccc5c(cnn5C(=O)OC(C)(C)C)c4)=N3)c2)CC1. The molecule has 1 aromatic heterocycles. The van der Waals surface area contributed by atoms with Crippen molar-refractivity contribution in [2.24, 2.45) is 9.98 Å². The number of anilines is 2. The minimum Gasteiger partial charge on any atom is -0.442 e. The van der Waals surface area contributed by atoms with Gasteiger partial charge in [-0.05, 0) is 71.4 Å². The lowest BCUT2D eigenvalue weighted by Crippen LogP contribution is -2.49. The number of benzene rings is 2. The molecule has 11 heteroatoms. The zero-order chi connectivity index (χ0) is 33.1. The zero-order valence-corrected chi connectivity index (χ0v) is 27.9. The molecule has 0 bridgehead atoms. The maximum absolute atomic E-state index is 12.9. The van der Waals surface area contributed by atoms with Gasteiger partial charge < -0.3 is 20.3 Å². The van der Waals surface area contributed by atoms with Crippen LogP contribution in [0.2, 0.25) is 0 Å². The summed E-state index contributed by atoms with van der Waals surface area (Å²) in [4.78, 5) is 40.3. The molecule has 6 rings (SSSR count). The lowest BCUT2D eigenvalue weighted by molar-refractivity contribution is -0.116. The summed E-state index contributed by atoms with van der Waals surface area (Å²) in [6, 6.07) is 13.9. The smallest absolute Gasteiger partial charge is 0.435 e. The molecule has 3 aliphatic rings. The highest BCUT2D eigenvalue weighted by Crippen LogP contribution is 2.27. The topological polar surface area (TPSA) is 116 Å². The van der Waals surface area contributed by atoms with E-state index in [1.54, 1.807) is 6.20 Å². The van der Waals surface area contributed by atoms with Crippen molar-refractivity contribution in [1.82, 2.24) is 19.6 Å². The molecular formula is C36H44N8O3. The predicted octanol–water partition coefficient (Wildman–Crippen LogP) is 5.70. The number of fused-ring (bicyclic) bond motifs is 2. The van der Waals surface area contributed by atoms with Gasteiger partial charge in [-0.15, -0.1) is 0 Å². The maximum atomic E-state index is 12.9. The third-order valence-electron chi connectivity index (χ3n) is 8.49. The number of hydrogen-bond donors (Lipinski definition) is 2. The first-order valence-electron chi connectivity index (χ1n) is 16.4. The Labute approximate surface area is 276 Å². The van der Waals surface area contributed by atoms with Crippen LogP contribution in [0.5, 0.6) is 0 Å². The Bertz CT molecular complexity index is 1770. The Kier molecular flexibility index (Phi) is 9.38. The molecule has 2 aliphatic heterocycles. The summed E-state index contributed by atoms with van der Waals surface area (Å²) >= 11 is 0. The molecule has 1 atom stereocenters.